The second-order valence-electron chi connectivity index (χ2n) is 6.89. The molecule has 0 saturated carbocycles. The average Bonchev–Trinajstić information content (AvgIpc) is 2.77. The summed E-state index contributed by atoms with van der Waals surface area (Å²) in [5.41, 5.74) is 2.49. The van der Waals surface area contributed by atoms with Crippen molar-refractivity contribution in [2.75, 3.05) is 19.0 Å². The third-order valence-corrected chi connectivity index (χ3v) is 4.84. The molecule has 0 spiro atoms. The molecule has 0 saturated heterocycles. The van der Waals surface area contributed by atoms with E-state index in [1.807, 2.05) is 67.6 Å². The highest BCUT2D eigenvalue weighted by Gasteiger charge is 2.16. The highest BCUT2D eigenvalue weighted by Crippen LogP contribution is 2.26. The van der Waals surface area contributed by atoms with Gasteiger partial charge in [0.15, 0.2) is 0 Å². The molecule has 1 atom stereocenters. The number of benzene rings is 3. The summed E-state index contributed by atoms with van der Waals surface area (Å²) in [4.78, 5) is 24.1. The minimum Gasteiger partial charge on any atom is -0.497 e. The van der Waals surface area contributed by atoms with E-state index in [1.165, 1.54) is 6.08 Å². The van der Waals surface area contributed by atoms with Crippen LogP contribution in [-0.2, 0) is 14.3 Å². The molecule has 1 amide bonds. The van der Waals surface area contributed by atoms with Crippen LogP contribution in [0.4, 0.5) is 5.69 Å². The Morgan fingerprint density at radius 3 is 2.40 bits per heavy atom. The van der Waals surface area contributed by atoms with E-state index in [9.17, 15) is 9.59 Å². The number of methoxy groups -OCH3 is 1. The molecule has 0 heterocycles. The van der Waals surface area contributed by atoms with E-state index in [0.717, 1.165) is 27.6 Å². The van der Waals surface area contributed by atoms with Crippen LogP contribution in [0.3, 0.4) is 0 Å². The number of esters is 1. The van der Waals surface area contributed by atoms with Gasteiger partial charge in [-0.05, 0) is 66.1 Å². The lowest BCUT2D eigenvalue weighted by molar-refractivity contribution is -0.137. The van der Waals surface area contributed by atoms with Crippen LogP contribution in [0.2, 0.25) is 0 Å². The molecule has 0 unspecified atom stereocenters. The summed E-state index contributed by atoms with van der Waals surface area (Å²) in [6.07, 6.45) is 3.06. The van der Waals surface area contributed by atoms with Crippen LogP contribution < -0.4 is 10.1 Å². The molecule has 1 N–H and O–H groups in total. The van der Waals surface area contributed by atoms with Crippen molar-refractivity contribution in [1.82, 2.24) is 0 Å². The van der Waals surface area contributed by atoms with Gasteiger partial charge in [0.1, 0.15) is 5.75 Å². The van der Waals surface area contributed by atoms with Gasteiger partial charge in [0, 0.05) is 11.8 Å². The maximum absolute atomic E-state index is 12.7. The Labute approximate surface area is 176 Å². The van der Waals surface area contributed by atoms with E-state index < -0.39 is 0 Å². The fourth-order valence-corrected chi connectivity index (χ4v) is 3.07. The summed E-state index contributed by atoms with van der Waals surface area (Å²) in [7, 11) is 1.64. The smallest absolute Gasteiger partial charge is 0.330 e. The number of hydrogen-bond donors (Lipinski definition) is 1. The maximum Gasteiger partial charge on any atom is 0.330 e. The summed E-state index contributed by atoms with van der Waals surface area (Å²) < 4.78 is 10.1. The number of nitrogens with one attached hydrogen (secondary N) is 1. The zero-order valence-corrected chi connectivity index (χ0v) is 17.3. The number of carbonyl (C=O) groups is 2. The van der Waals surface area contributed by atoms with E-state index in [0.29, 0.717) is 12.3 Å². The fourth-order valence-electron chi connectivity index (χ4n) is 3.07. The number of carbonyl (C=O) groups excluding carboxylic acids is 2. The van der Waals surface area contributed by atoms with Gasteiger partial charge in [-0.1, -0.05) is 36.4 Å². The van der Waals surface area contributed by atoms with Crippen LogP contribution in [-0.4, -0.2) is 25.6 Å². The Kier molecular flexibility index (Phi) is 6.86. The third-order valence-electron chi connectivity index (χ3n) is 4.84. The van der Waals surface area contributed by atoms with Gasteiger partial charge in [0.2, 0.25) is 5.91 Å². The second kappa shape index (κ2) is 9.74. The van der Waals surface area contributed by atoms with Gasteiger partial charge >= 0.3 is 5.97 Å². The molecule has 5 heteroatoms. The zero-order chi connectivity index (χ0) is 21.5. The predicted octanol–water partition coefficient (Wildman–Crippen LogP) is 5.17. The van der Waals surface area contributed by atoms with Crippen LogP contribution >= 0.6 is 0 Å². The van der Waals surface area contributed by atoms with Gasteiger partial charge in [-0.2, -0.15) is 0 Å². The molecule has 3 aromatic carbocycles. The summed E-state index contributed by atoms with van der Waals surface area (Å²) in [6, 6.07) is 19.2. The lowest BCUT2D eigenvalue weighted by Crippen LogP contribution is -2.18. The van der Waals surface area contributed by atoms with Crippen molar-refractivity contribution < 1.29 is 19.1 Å². The molecule has 0 bridgehead atoms. The average molecular weight is 403 g/mol. The molecule has 0 aliphatic heterocycles. The monoisotopic (exact) mass is 403 g/mol. The lowest BCUT2D eigenvalue weighted by atomic mass is 9.97. The van der Waals surface area contributed by atoms with Crippen LogP contribution in [0.5, 0.6) is 5.75 Å². The van der Waals surface area contributed by atoms with Crippen molar-refractivity contribution in [3.05, 3.63) is 77.9 Å². The third kappa shape index (κ3) is 5.26. The molecular weight excluding hydrogens is 378 g/mol. The molecule has 5 nitrogen and oxygen atoms in total. The van der Waals surface area contributed by atoms with Crippen molar-refractivity contribution in [2.45, 2.75) is 19.8 Å². The van der Waals surface area contributed by atoms with Gasteiger partial charge in [-0.15, -0.1) is 0 Å². The number of anilines is 1. The van der Waals surface area contributed by atoms with E-state index in [-0.39, 0.29) is 17.8 Å². The van der Waals surface area contributed by atoms with Crippen LogP contribution in [0.15, 0.2) is 66.7 Å². The van der Waals surface area contributed by atoms with Crippen molar-refractivity contribution in [2.24, 2.45) is 0 Å². The standard InChI is InChI=1S/C25H25NO4/c1-4-30-24(27)14-7-18-5-11-22(12-6-18)26-25(28)17(2)19-8-9-21-16-23(29-3)13-10-20(21)15-19/h5-17H,4H2,1-3H3,(H,26,28)/b14-7+/t17-/m0/s1. The van der Waals surface area contributed by atoms with Gasteiger partial charge in [-0.25, -0.2) is 4.79 Å². The van der Waals surface area contributed by atoms with Crippen LogP contribution in [0, 0.1) is 0 Å². The number of rotatable bonds is 7. The quantitative estimate of drug-likeness (QED) is 0.437. The Morgan fingerprint density at radius 2 is 1.70 bits per heavy atom. The number of hydrogen-bond acceptors (Lipinski definition) is 4. The summed E-state index contributed by atoms with van der Waals surface area (Å²) in [5, 5.41) is 5.07. The molecule has 30 heavy (non-hydrogen) atoms. The summed E-state index contributed by atoms with van der Waals surface area (Å²) in [6.45, 7) is 3.99. The Balaban J connectivity index is 1.66. The first-order chi connectivity index (χ1) is 14.5. The van der Waals surface area contributed by atoms with Crippen LogP contribution in [0.1, 0.15) is 30.9 Å². The Hall–Kier alpha value is -3.60. The first-order valence-corrected chi connectivity index (χ1v) is 9.83. The molecular formula is C25H25NO4. The summed E-state index contributed by atoms with van der Waals surface area (Å²) in [5.74, 6) is 0.0386. The first-order valence-electron chi connectivity index (χ1n) is 9.83. The van der Waals surface area contributed by atoms with Crippen molar-refractivity contribution in [1.29, 1.82) is 0 Å². The minimum atomic E-state index is -0.377. The minimum absolute atomic E-state index is 0.0855. The van der Waals surface area contributed by atoms with Crippen molar-refractivity contribution in [3.8, 4) is 5.75 Å². The number of fused-ring (bicyclic) bond motifs is 1. The molecule has 0 aliphatic carbocycles. The first kappa shape index (κ1) is 21.1. The highest BCUT2D eigenvalue weighted by atomic mass is 16.5. The lowest BCUT2D eigenvalue weighted by Gasteiger charge is -2.14. The molecule has 0 aliphatic rings. The van der Waals surface area contributed by atoms with Crippen molar-refractivity contribution in [3.63, 3.8) is 0 Å². The summed E-state index contributed by atoms with van der Waals surface area (Å²) >= 11 is 0. The second-order valence-corrected chi connectivity index (χ2v) is 6.89. The number of ether oxygens (including phenoxy) is 2. The highest BCUT2D eigenvalue weighted by molar-refractivity contribution is 5.96. The fraction of sp³-hybridized carbons (Fsp3) is 0.200. The van der Waals surface area contributed by atoms with Gasteiger partial charge in [-0.3, -0.25) is 4.79 Å². The van der Waals surface area contributed by atoms with Gasteiger partial charge < -0.3 is 14.8 Å². The number of amides is 1. The Bertz CT molecular complexity index is 1070. The predicted molar refractivity (Wildman–Crippen MR) is 120 cm³/mol. The van der Waals surface area contributed by atoms with E-state index in [2.05, 4.69) is 5.32 Å². The van der Waals surface area contributed by atoms with E-state index in [4.69, 9.17) is 9.47 Å². The van der Waals surface area contributed by atoms with E-state index >= 15 is 0 Å². The molecule has 154 valence electrons. The maximum atomic E-state index is 12.7. The van der Waals surface area contributed by atoms with Crippen molar-refractivity contribution >= 4 is 34.4 Å². The molecule has 3 rings (SSSR count). The molecule has 0 aromatic heterocycles. The Morgan fingerprint density at radius 1 is 1.00 bits per heavy atom. The van der Waals surface area contributed by atoms with Crippen LogP contribution in [0.25, 0.3) is 16.8 Å². The zero-order valence-electron chi connectivity index (χ0n) is 17.3. The van der Waals surface area contributed by atoms with E-state index in [1.54, 1.807) is 20.1 Å². The molecule has 0 radical (unpaired) electrons. The molecule has 0 fully saturated rings. The normalized spacial score (nSPS) is 12.0. The largest absolute Gasteiger partial charge is 0.497 e. The van der Waals surface area contributed by atoms with Gasteiger partial charge in [0.25, 0.3) is 0 Å². The topological polar surface area (TPSA) is 64.6 Å². The molecule has 3 aromatic rings. The SMILES string of the molecule is CCOC(=O)/C=C/c1ccc(NC(=O)[C@@H](C)c2ccc3cc(OC)ccc3c2)cc1. The van der Waals surface area contributed by atoms with Gasteiger partial charge in [0.05, 0.1) is 19.6 Å².